The lowest BCUT2D eigenvalue weighted by Crippen LogP contribution is -2.52. The first-order chi connectivity index (χ1) is 9.99. The van der Waals surface area contributed by atoms with Gasteiger partial charge in [0.25, 0.3) is 0 Å². The maximum absolute atomic E-state index is 6.49. The average molecular weight is 365 g/mol. The van der Waals surface area contributed by atoms with Crippen LogP contribution in [0.1, 0.15) is 19.3 Å². The highest BCUT2D eigenvalue weighted by molar-refractivity contribution is 6.87. The monoisotopic (exact) mass is 364 g/mol. The summed E-state index contributed by atoms with van der Waals surface area (Å²) in [7, 11) is -5.26. The van der Waals surface area contributed by atoms with E-state index in [1.165, 1.54) is 6.42 Å². The number of rotatable bonds is 10. The Morgan fingerprint density at radius 3 is 2.00 bits per heavy atom. The molecule has 7 heteroatoms. The van der Waals surface area contributed by atoms with Crippen LogP contribution < -0.4 is 0 Å². The smallest absolute Gasteiger partial charge is 0.314 e. The molecule has 1 heterocycles. The van der Waals surface area contributed by atoms with Gasteiger partial charge in [-0.25, -0.2) is 0 Å². The first kappa shape index (κ1) is 20.5. The largest absolute Gasteiger partial charge is 0.437 e. The lowest BCUT2D eigenvalue weighted by atomic mass is 10.2. The van der Waals surface area contributed by atoms with Crippen LogP contribution in [-0.4, -0.2) is 51.1 Å². The second kappa shape index (κ2) is 8.55. The van der Waals surface area contributed by atoms with Gasteiger partial charge < -0.3 is 17.7 Å². The molecule has 4 nitrogen and oxygen atoms in total. The molecule has 0 saturated carbocycles. The zero-order valence-electron chi connectivity index (χ0n) is 15.7. The summed E-state index contributed by atoms with van der Waals surface area (Å²) >= 11 is 0. The molecule has 0 aromatic heterocycles. The van der Waals surface area contributed by atoms with Gasteiger partial charge in [0.15, 0.2) is 16.6 Å². The zero-order valence-corrected chi connectivity index (χ0v) is 18.7. The Hall–Kier alpha value is 0.491. The van der Waals surface area contributed by atoms with Gasteiger partial charge in [0.05, 0.1) is 12.7 Å². The normalized spacial score (nSPS) is 20.6. The quantitative estimate of drug-likeness (QED) is 0.426. The molecule has 22 heavy (non-hydrogen) atoms. The van der Waals surface area contributed by atoms with Crippen molar-refractivity contribution in [3.63, 3.8) is 0 Å². The minimum Gasteiger partial charge on any atom is -0.437 e. The summed E-state index contributed by atoms with van der Waals surface area (Å²) < 4.78 is 24.3. The molecule has 1 unspecified atom stereocenters. The molecule has 0 amide bonds. The topological polar surface area (TPSA) is 36.9 Å². The van der Waals surface area contributed by atoms with Gasteiger partial charge in [-0.1, -0.05) is 0 Å². The molecule has 1 fully saturated rings. The predicted molar refractivity (Wildman–Crippen MR) is 99.7 cm³/mol. The highest BCUT2D eigenvalue weighted by atomic mass is 28.5. The van der Waals surface area contributed by atoms with Crippen LogP contribution in [0.2, 0.25) is 51.9 Å². The Morgan fingerprint density at radius 2 is 1.55 bits per heavy atom. The third kappa shape index (κ3) is 9.59. The van der Waals surface area contributed by atoms with E-state index in [9.17, 15) is 0 Å². The molecule has 0 aromatic carbocycles. The lowest BCUT2D eigenvalue weighted by molar-refractivity contribution is 0.0172. The minimum absolute atomic E-state index is 0.320. The van der Waals surface area contributed by atoms with E-state index in [2.05, 4.69) is 45.8 Å². The fourth-order valence-electron chi connectivity index (χ4n) is 2.90. The molecule has 0 spiro atoms. The van der Waals surface area contributed by atoms with Crippen molar-refractivity contribution in [2.45, 2.75) is 77.2 Å². The van der Waals surface area contributed by atoms with Crippen molar-refractivity contribution in [3.05, 3.63) is 0 Å². The van der Waals surface area contributed by atoms with Gasteiger partial charge in [0, 0.05) is 13.2 Å². The first-order valence-corrected chi connectivity index (χ1v) is 17.9. The van der Waals surface area contributed by atoms with Crippen LogP contribution in [-0.2, 0) is 17.7 Å². The van der Waals surface area contributed by atoms with Crippen LogP contribution in [0.3, 0.4) is 0 Å². The Morgan fingerprint density at radius 1 is 0.955 bits per heavy atom. The fraction of sp³-hybridized carbons (Fsp3) is 1.00. The summed E-state index contributed by atoms with van der Waals surface area (Å²) in [5.41, 5.74) is 0. The summed E-state index contributed by atoms with van der Waals surface area (Å²) in [5.74, 6) is 0. The van der Waals surface area contributed by atoms with Gasteiger partial charge in [-0.2, -0.15) is 0 Å². The molecule has 0 aliphatic carbocycles. The molecule has 1 aliphatic heterocycles. The van der Waals surface area contributed by atoms with Crippen molar-refractivity contribution < 1.29 is 17.7 Å². The third-order valence-corrected chi connectivity index (χ3v) is 12.9. The van der Waals surface area contributed by atoms with E-state index in [0.717, 1.165) is 38.7 Å². The second-order valence-corrected chi connectivity index (χ2v) is 21.2. The predicted octanol–water partition coefficient (Wildman–Crippen LogP) is 4.35. The minimum atomic E-state index is -2.09. The molecule has 0 aromatic rings. The van der Waals surface area contributed by atoms with Crippen LogP contribution in [0.4, 0.5) is 0 Å². The van der Waals surface area contributed by atoms with Crippen molar-refractivity contribution in [3.8, 4) is 0 Å². The molecule has 1 aliphatic rings. The number of ether oxygens (including phenoxy) is 2. The van der Waals surface area contributed by atoms with Crippen molar-refractivity contribution in [2.75, 3.05) is 19.8 Å². The third-order valence-electron chi connectivity index (χ3n) is 3.29. The van der Waals surface area contributed by atoms with Crippen molar-refractivity contribution in [1.82, 2.24) is 0 Å². The van der Waals surface area contributed by atoms with Crippen LogP contribution in [0.25, 0.3) is 0 Å². The molecular formula is C15H36O4Si3. The molecule has 0 bridgehead atoms. The molecule has 132 valence electrons. The Labute approximate surface area is 140 Å². The molecule has 1 atom stereocenters. The Balaban J connectivity index is 2.36. The van der Waals surface area contributed by atoms with E-state index < -0.39 is 25.2 Å². The van der Waals surface area contributed by atoms with E-state index in [1.807, 2.05) is 0 Å². The van der Waals surface area contributed by atoms with Crippen LogP contribution >= 0.6 is 0 Å². The number of hydrogen-bond acceptors (Lipinski definition) is 4. The van der Waals surface area contributed by atoms with Gasteiger partial charge in [0.2, 0.25) is 0 Å². The van der Waals surface area contributed by atoms with E-state index >= 15 is 0 Å². The van der Waals surface area contributed by atoms with Crippen LogP contribution in [0, 0.1) is 0 Å². The number of hydrogen-bond donors (Lipinski definition) is 0. The van der Waals surface area contributed by atoms with Crippen LogP contribution in [0.5, 0.6) is 0 Å². The lowest BCUT2D eigenvalue weighted by Gasteiger charge is -2.38. The van der Waals surface area contributed by atoms with Gasteiger partial charge in [0.1, 0.15) is 0 Å². The van der Waals surface area contributed by atoms with E-state index in [0.29, 0.717) is 6.10 Å². The maximum atomic E-state index is 6.49. The van der Waals surface area contributed by atoms with E-state index in [-0.39, 0.29) is 0 Å². The fourth-order valence-corrected chi connectivity index (χ4v) is 15.4. The van der Waals surface area contributed by atoms with Crippen molar-refractivity contribution in [1.29, 1.82) is 0 Å². The second-order valence-electron chi connectivity index (χ2n) is 8.38. The Kier molecular flexibility index (Phi) is 7.98. The first-order valence-electron chi connectivity index (χ1n) is 8.59. The molecule has 0 radical (unpaired) electrons. The highest BCUT2D eigenvalue weighted by Crippen LogP contribution is 2.25. The van der Waals surface area contributed by atoms with Crippen molar-refractivity contribution in [2.24, 2.45) is 0 Å². The molecule has 0 N–H and O–H groups in total. The van der Waals surface area contributed by atoms with Crippen molar-refractivity contribution >= 4 is 25.2 Å². The maximum Gasteiger partial charge on any atom is 0.314 e. The van der Waals surface area contributed by atoms with Gasteiger partial charge >= 0.3 is 8.56 Å². The van der Waals surface area contributed by atoms with E-state index in [1.54, 1.807) is 0 Å². The molecule has 1 saturated heterocycles. The molecule has 1 rings (SSSR count). The summed E-state index contributed by atoms with van der Waals surface area (Å²) in [6.45, 7) is 18.2. The summed E-state index contributed by atoms with van der Waals surface area (Å²) in [6.07, 6.45) is 3.65. The summed E-state index contributed by atoms with van der Waals surface area (Å²) in [5, 5.41) is 0. The Bertz CT molecular complexity index is 304. The van der Waals surface area contributed by atoms with Gasteiger partial charge in [-0.3, -0.25) is 0 Å². The van der Waals surface area contributed by atoms with E-state index in [4.69, 9.17) is 17.7 Å². The zero-order chi connectivity index (χ0) is 16.9. The molecular weight excluding hydrogens is 328 g/mol. The van der Waals surface area contributed by atoms with Gasteiger partial charge in [-0.15, -0.1) is 0 Å². The average Bonchev–Trinajstić information content (AvgIpc) is 2.75. The van der Waals surface area contributed by atoms with Crippen LogP contribution in [0.15, 0.2) is 0 Å². The SMILES string of the molecule is C[Si](C)(C)O[Si](C)(CCCOCC1CCCO1)O[Si](C)(C)C. The van der Waals surface area contributed by atoms with Gasteiger partial charge in [-0.05, 0) is 71.1 Å². The standard InChI is InChI=1S/C15H36O4Si3/c1-20(2,3)18-22(7,19-21(4,5)6)13-9-11-16-14-15-10-8-12-17-15/h15H,8-14H2,1-7H3. The highest BCUT2D eigenvalue weighted by Gasteiger charge is 2.39. The summed E-state index contributed by atoms with van der Waals surface area (Å²) in [4.78, 5) is 0. The summed E-state index contributed by atoms with van der Waals surface area (Å²) in [6, 6.07) is 1.02.